The number of rotatable bonds is 6. The van der Waals surface area contributed by atoms with E-state index in [9.17, 15) is 14.9 Å². The molecule has 0 atom stereocenters. The first-order valence-corrected chi connectivity index (χ1v) is 11.7. The lowest BCUT2D eigenvalue weighted by Crippen LogP contribution is -2.27. The molecule has 1 fully saturated rings. The van der Waals surface area contributed by atoms with Crippen molar-refractivity contribution in [3.8, 4) is 17.6 Å². The summed E-state index contributed by atoms with van der Waals surface area (Å²) in [6.45, 7) is 0.214. The zero-order chi connectivity index (χ0) is 23.4. The van der Waals surface area contributed by atoms with Crippen LogP contribution in [0.3, 0.4) is 0 Å². The number of nitrogens with zero attached hydrogens (tertiary/aromatic N) is 2. The van der Waals surface area contributed by atoms with Gasteiger partial charge >= 0.3 is 0 Å². The predicted octanol–water partition coefficient (Wildman–Crippen LogP) is 5.99. The summed E-state index contributed by atoms with van der Waals surface area (Å²) in [5.74, 6) is 0.670. The van der Waals surface area contributed by atoms with E-state index in [1.165, 1.54) is 12.0 Å². The highest BCUT2D eigenvalue weighted by Crippen LogP contribution is 2.39. The van der Waals surface area contributed by atoms with Gasteiger partial charge in [-0.25, -0.2) is 4.90 Å². The van der Waals surface area contributed by atoms with Gasteiger partial charge in [-0.3, -0.25) is 9.59 Å². The molecule has 1 heterocycles. The second kappa shape index (κ2) is 10.1. The third kappa shape index (κ3) is 4.89. The number of imide groups is 1. The van der Waals surface area contributed by atoms with Crippen molar-refractivity contribution in [3.05, 3.63) is 91.9 Å². The van der Waals surface area contributed by atoms with Crippen LogP contribution in [0.4, 0.5) is 10.5 Å². The molecule has 8 heteroatoms. The van der Waals surface area contributed by atoms with Gasteiger partial charge in [0.15, 0.2) is 11.5 Å². The van der Waals surface area contributed by atoms with E-state index in [2.05, 4.69) is 28.7 Å². The molecular weight excluding hydrogens is 551 g/mol. The minimum absolute atomic E-state index is 0.214. The summed E-state index contributed by atoms with van der Waals surface area (Å²) < 4.78 is 12.3. The van der Waals surface area contributed by atoms with E-state index < -0.39 is 0 Å². The molecule has 164 valence electrons. The van der Waals surface area contributed by atoms with Gasteiger partial charge in [0.2, 0.25) is 0 Å². The Kier molecular flexibility index (Phi) is 7.01. The van der Waals surface area contributed by atoms with Crippen LogP contribution in [0.25, 0.3) is 6.08 Å². The minimum Gasteiger partial charge on any atom is -0.493 e. The lowest BCUT2D eigenvalue weighted by molar-refractivity contribution is -0.113. The van der Waals surface area contributed by atoms with Crippen LogP contribution in [-0.2, 0) is 11.4 Å². The summed E-state index contributed by atoms with van der Waals surface area (Å²) in [6, 6.07) is 21.9. The highest BCUT2D eigenvalue weighted by molar-refractivity contribution is 14.1. The number of ether oxygens (including phenoxy) is 2. The van der Waals surface area contributed by atoms with Crippen molar-refractivity contribution in [3.63, 3.8) is 0 Å². The Morgan fingerprint density at radius 3 is 2.55 bits per heavy atom. The average molecular weight is 568 g/mol. The molecular formula is C25H17IN2O4S. The zero-order valence-corrected chi connectivity index (χ0v) is 20.4. The summed E-state index contributed by atoms with van der Waals surface area (Å²) in [6.07, 6.45) is 1.67. The standard InChI is InChI=1S/C25H17IN2O4S/c1-31-21-12-16(11-20(26)23(21)32-15-18-8-6-5-7-17(18)14-27)13-22-24(29)28(25(30)33-22)19-9-3-2-4-10-19/h2-13H,15H2,1H3/b22-13-. The molecule has 6 nitrogen and oxygen atoms in total. The van der Waals surface area contributed by atoms with Crippen LogP contribution in [0.5, 0.6) is 11.5 Å². The second-order valence-electron chi connectivity index (χ2n) is 6.94. The number of benzene rings is 3. The molecule has 0 unspecified atom stereocenters. The van der Waals surface area contributed by atoms with Crippen LogP contribution in [0.2, 0.25) is 0 Å². The minimum atomic E-state index is -0.362. The number of halogens is 1. The normalized spacial score (nSPS) is 14.5. The fourth-order valence-corrected chi connectivity index (χ4v) is 4.91. The molecule has 0 aliphatic carbocycles. The highest BCUT2D eigenvalue weighted by atomic mass is 127. The average Bonchev–Trinajstić information content (AvgIpc) is 3.11. The van der Waals surface area contributed by atoms with Gasteiger partial charge in [0.25, 0.3) is 11.1 Å². The predicted molar refractivity (Wildman–Crippen MR) is 136 cm³/mol. The number of amides is 2. The van der Waals surface area contributed by atoms with Crippen LogP contribution in [0, 0.1) is 14.9 Å². The van der Waals surface area contributed by atoms with Crippen LogP contribution >= 0.6 is 34.4 Å². The van der Waals surface area contributed by atoms with Gasteiger partial charge in [0.05, 0.1) is 32.9 Å². The number of thioether (sulfide) groups is 1. The SMILES string of the molecule is COc1cc(/C=C2\SC(=O)N(c3ccccc3)C2=O)cc(I)c1OCc1ccccc1C#N. The Balaban J connectivity index is 1.59. The van der Waals surface area contributed by atoms with Crippen molar-refractivity contribution >= 4 is 57.3 Å². The lowest BCUT2D eigenvalue weighted by atomic mass is 10.1. The van der Waals surface area contributed by atoms with Gasteiger partial charge in [0.1, 0.15) is 6.61 Å². The summed E-state index contributed by atoms with van der Waals surface area (Å²) in [4.78, 5) is 26.8. The monoisotopic (exact) mass is 568 g/mol. The van der Waals surface area contributed by atoms with Gasteiger partial charge in [-0.2, -0.15) is 5.26 Å². The smallest absolute Gasteiger partial charge is 0.298 e. The number of methoxy groups -OCH3 is 1. The number of hydrogen-bond donors (Lipinski definition) is 0. The van der Waals surface area contributed by atoms with E-state index in [0.717, 1.165) is 20.9 Å². The molecule has 0 aromatic heterocycles. The Labute approximate surface area is 208 Å². The van der Waals surface area contributed by atoms with Crippen molar-refractivity contribution in [1.29, 1.82) is 5.26 Å². The molecule has 1 aliphatic heterocycles. The van der Waals surface area contributed by atoms with Crippen molar-refractivity contribution in [2.45, 2.75) is 6.61 Å². The molecule has 1 saturated heterocycles. The third-order valence-corrected chi connectivity index (χ3v) is 6.54. The molecule has 0 bridgehead atoms. The maximum absolute atomic E-state index is 12.9. The number of anilines is 1. The van der Waals surface area contributed by atoms with Gasteiger partial charge in [-0.05, 0) is 76.3 Å². The Morgan fingerprint density at radius 1 is 1.09 bits per heavy atom. The summed E-state index contributed by atoms with van der Waals surface area (Å²) in [5.41, 5.74) is 2.57. The Hall–Kier alpha value is -3.29. The maximum atomic E-state index is 12.9. The molecule has 1 aliphatic rings. The summed E-state index contributed by atoms with van der Waals surface area (Å²) in [7, 11) is 1.54. The molecule has 33 heavy (non-hydrogen) atoms. The molecule has 0 spiro atoms. The highest BCUT2D eigenvalue weighted by Gasteiger charge is 2.36. The molecule has 4 rings (SSSR count). The Bertz CT molecular complexity index is 1300. The molecule has 3 aromatic carbocycles. The topological polar surface area (TPSA) is 79.6 Å². The van der Waals surface area contributed by atoms with E-state index in [-0.39, 0.29) is 17.8 Å². The summed E-state index contributed by atoms with van der Waals surface area (Å²) in [5, 5.41) is 8.94. The van der Waals surface area contributed by atoms with Gasteiger partial charge in [0, 0.05) is 5.56 Å². The zero-order valence-electron chi connectivity index (χ0n) is 17.4. The fraction of sp³-hybridized carbons (Fsp3) is 0.0800. The Morgan fingerprint density at radius 2 is 1.82 bits per heavy atom. The lowest BCUT2D eigenvalue weighted by Gasteiger charge is -2.14. The van der Waals surface area contributed by atoms with Gasteiger partial charge in [-0.15, -0.1) is 0 Å². The van der Waals surface area contributed by atoms with Crippen LogP contribution in [0.1, 0.15) is 16.7 Å². The van der Waals surface area contributed by atoms with Gasteiger partial charge in [-0.1, -0.05) is 36.4 Å². The quantitative estimate of drug-likeness (QED) is 0.269. The first-order chi connectivity index (χ1) is 16.0. The molecule has 3 aromatic rings. The molecule has 0 radical (unpaired) electrons. The van der Waals surface area contributed by atoms with Gasteiger partial charge < -0.3 is 9.47 Å². The number of hydrogen-bond acceptors (Lipinski definition) is 6. The molecule has 0 saturated carbocycles. The first-order valence-electron chi connectivity index (χ1n) is 9.83. The van der Waals surface area contributed by atoms with Crippen molar-refractivity contribution in [2.24, 2.45) is 0 Å². The number of nitriles is 1. The first kappa shape index (κ1) is 22.9. The van der Waals surface area contributed by atoms with Crippen LogP contribution < -0.4 is 14.4 Å². The maximum Gasteiger partial charge on any atom is 0.298 e. The van der Waals surface area contributed by atoms with Crippen molar-refractivity contribution < 1.29 is 19.1 Å². The van der Waals surface area contributed by atoms with E-state index >= 15 is 0 Å². The van der Waals surface area contributed by atoms with Crippen LogP contribution in [0.15, 0.2) is 71.6 Å². The second-order valence-corrected chi connectivity index (χ2v) is 9.10. The van der Waals surface area contributed by atoms with E-state index in [0.29, 0.717) is 33.2 Å². The van der Waals surface area contributed by atoms with E-state index in [4.69, 9.17) is 9.47 Å². The van der Waals surface area contributed by atoms with Crippen LogP contribution in [-0.4, -0.2) is 18.3 Å². The number of carbonyl (C=O) groups is 2. The number of carbonyl (C=O) groups excluding carboxylic acids is 2. The van der Waals surface area contributed by atoms with Crippen molar-refractivity contribution in [2.75, 3.05) is 12.0 Å². The fourth-order valence-electron chi connectivity index (χ4n) is 3.29. The molecule has 2 amide bonds. The number of para-hydroxylation sites is 1. The summed E-state index contributed by atoms with van der Waals surface area (Å²) >= 11 is 3.04. The van der Waals surface area contributed by atoms with E-state index in [1.54, 1.807) is 48.5 Å². The van der Waals surface area contributed by atoms with Crippen molar-refractivity contribution in [1.82, 2.24) is 0 Å². The molecule has 0 N–H and O–H groups in total. The third-order valence-electron chi connectivity index (χ3n) is 4.87. The largest absolute Gasteiger partial charge is 0.493 e. The van der Waals surface area contributed by atoms with E-state index in [1.807, 2.05) is 24.3 Å².